The molecule has 29 heavy (non-hydrogen) atoms. The molecule has 5 nitrogen and oxygen atoms in total. The third kappa shape index (κ3) is 5.68. The van der Waals surface area contributed by atoms with Gasteiger partial charge in [0.2, 0.25) is 0 Å². The Hall–Kier alpha value is -2.65. The summed E-state index contributed by atoms with van der Waals surface area (Å²) < 4.78 is 31.0. The molecule has 0 spiro atoms. The Balaban J connectivity index is 1.65. The molecule has 0 radical (unpaired) electrons. The molecule has 1 aliphatic heterocycles. The van der Waals surface area contributed by atoms with Crippen molar-refractivity contribution in [3.63, 3.8) is 0 Å². The number of ether oxygens (including phenoxy) is 1. The van der Waals surface area contributed by atoms with Gasteiger partial charge in [-0.1, -0.05) is 36.8 Å². The van der Waals surface area contributed by atoms with Gasteiger partial charge in [0, 0.05) is 0 Å². The summed E-state index contributed by atoms with van der Waals surface area (Å²) >= 11 is 0. The van der Waals surface area contributed by atoms with Crippen molar-refractivity contribution in [1.82, 2.24) is 0 Å². The molecule has 0 bridgehead atoms. The van der Waals surface area contributed by atoms with Crippen LogP contribution in [0.15, 0.2) is 59.5 Å². The first-order valence-electron chi connectivity index (χ1n) is 9.85. The van der Waals surface area contributed by atoms with Crippen molar-refractivity contribution in [2.75, 3.05) is 12.4 Å². The second-order valence-electron chi connectivity index (χ2n) is 7.74. The van der Waals surface area contributed by atoms with Gasteiger partial charge in [0.25, 0.3) is 0 Å². The first-order valence-corrected chi connectivity index (χ1v) is 11.5. The van der Waals surface area contributed by atoms with Crippen molar-refractivity contribution in [3.05, 3.63) is 65.7 Å². The molecule has 0 saturated carbocycles. The molecule has 1 saturated heterocycles. The van der Waals surface area contributed by atoms with Crippen LogP contribution >= 0.6 is 0 Å². The van der Waals surface area contributed by atoms with Gasteiger partial charge in [-0.25, -0.2) is 8.42 Å². The Morgan fingerprint density at radius 3 is 2.41 bits per heavy atom. The molecule has 1 heterocycles. The van der Waals surface area contributed by atoms with E-state index in [-0.39, 0.29) is 24.7 Å². The topological polar surface area (TPSA) is 84.2 Å². The lowest BCUT2D eigenvalue weighted by atomic mass is 9.77. The lowest BCUT2D eigenvalue weighted by molar-refractivity contribution is -0.152. The monoisotopic (exact) mass is 411 g/mol. The van der Waals surface area contributed by atoms with E-state index < -0.39 is 15.3 Å². The fourth-order valence-corrected chi connectivity index (χ4v) is 5.86. The average Bonchev–Trinajstić information content (AvgIpc) is 2.72. The molecule has 1 atom stereocenters. The molecule has 0 aliphatic carbocycles. The zero-order valence-corrected chi connectivity index (χ0v) is 17.2. The van der Waals surface area contributed by atoms with Crippen LogP contribution in [0.4, 0.5) is 0 Å². The number of sulfone groups is 1. The van der Waals surface area contributed by atoms with Crippen LogP contribution in [0.3, 0.4) is 0 Å². The molecular formula is C23H25NO4S. The predicted molar refractivity (Wildman–Crippen MR) is 110 cm³/mol. The van der Waals surface area contributed by atoms with Gasteiger partial charge in [-0.05, 0) is 60.9 Å². The molecule has 0 amide bonds. The number of aryl methyl sites for hydroxylation is 1. The minimum atomic E-state index is -3.48. The Kier molecular flexibility index (Phi) is 6.71. The van der Waals surface area contributed by atoms with Gasteiger partial charge in [-0.3, -0.25) is 4.79 Å². The number of cyclic esters (lactones) is 1. The molecule has 0 aromatic heterocycles. The second-order valence-corrected chi connectivity index (χ2v) is 9.72. The van der Waals surface area contributed by atoms with Crippen molar-refractivity contribution >= 4 is 15.8 Å². The Bertz CT molecular complexity index is 978. The van der Waals surface area contributed by atoms with E-state index in [0.717, 1.165) is 24.8 Å². The summed E-state index contributed by atoms with van der Waals surface area (Å²) in [4.78, 5) is 12.3. The van der Waals surface area contributed by atoms with Gasteiger partial charge in [0.05, 0.1) is 35.3 Å². The summed E-state index contributed by atoms with van der Waals surface area (Å²) in [6, 6.07) is 18.1. The fourth-order valence-electron chi connectivity index (χ4n) is 3.93. The summed E-state index contributed by atoms with van der Waals surface area (Å²) in [6.45, 7) is 0.277. The van der Waals surface area contributed by atoms with Gasteiger partial charge < -0.3 is 4.74 Å². The SMILES string of the molecule is N#Cc1ccc(CCCCC2(CS(=O)(=O)c3ccccc3)CCOC(=O)C2)cc1. The highest BCUT2D eigenvalue weighted by atomic mass is 32.2. The van der Waals surface area contributed by atoms with Gasteiger partial charge in [0.1, 0.15) is 0 Å². The smallest absolute Gasteiger partial charge is 0.306 e. The maximum atomic E-state index is 12.9. The van der Waals surface area contributed by atoms with Gasteiger partial charge >= 0.3 is 5.97 Å². The predicted octanol–water partition coefficient (Wildman–Crippen LogP) is 4.07. The van der Waals surface area contributed by atoms with Crippen LogP contribution < -0.4 is 0 Å². The minimum absolute atomic E-state index is 0.0318. The van der Waals surface area contributed by atoms with E-state index in [1.807, 2.05) is 12.1 Å². The van der Waals surface area contributed by atoms with Gasteiger partial charge in [-0.15, -0.1) is 0 Å². The third-order valence-corrected chi connectivity index (χ3v) is 7.50. The zero-order chi connectivity index (χ0) is 20.7. The second kappa shape index (κ2) is 9.23. The Morgan fingerprint density at radius 1 is 1.03 bits per heavy atom. The van der Waals surface area contributed by atoms with Crippen molar-refractivity contribution in [2.24, 2.45) is 5.41 Å². The van der Waals surface area contributed by atoms with E-state index in [4.69, 9.17) is 10.00 Å². The standard InChI is InChI=1S/C23H25NO4S/c24-17-20-11-9-19(10-12-20)6-4-5-13-23(14-15-28-22(25)16-23)18-29(26,27)21-7-2-1-3-8-21/h1-3,7-12H,4-6,13-16,18H2. The molecule has 3 rings (SSSR count). The lowest BCUT2D eigenvalue weighted by Crippen LogP contribution is -2.38. The molecule has 0 N–H and O–H groups in total. The third-order valence-electron chi connectivity index (χ3n) is 5.52. The van der Waals surface area contributed by atoms with Crippen molar-refractivity contribution in [3.8, 4) is 6.07 Å². The van der Waals surface area contributed by atoms with Crippen LogP contribution in [0.1, 0.15) is 43.2 Å². The summed E-state index contributed by atoms with van der Waals surface area (Å²) in [6.07, 6.45) is 3.98. The van der Waals surface area contributed by atoms with E-state index in [2.05, 4.69) is 6.07 Å². The van der Waals surface area contributed by atoms with E-state index in [1.165, 1.54) is 0 Å². The van der Waals surface area contributed by atoms with Crippen LogP contribution in [0.2, 0.25) is 0 Å². The number of hydrogen-bond donors (Lipinski definition) is 0. The quantitative estimate of drug-likeness (QED) is 0.483. The number of hydrogen-bond acceptors (Lipinski definition) is 5. The maximum absolute atomic E-state index is 12.9. The first kappa shape index (κ1) is 21.1. The highest BCUT2D eigenvalue weighted by molar-refractivity contribution is 7.91. The first-order chi connectivity index (χ1) is 13.9. The van der Waals surface area contributed by atoms with Crippen LogP contribution in [-0.4, -0.2) is 26.7 Å². The van der Waals surface area contributed by atoms with Gasteiger partial charge in [0.15, 0.2) is 9.84 Å². The average molecular weight is 412 g/mol. The van der Waals surface area contributed by atoms with Crippen LogP contribution in [0.25, 0.3) is 0 Å². The van der Waals surface area contributed by atoms with E-state index in [9.17, 15) is 13.2 Å². The molecular weight excluding hydrogens is 386 g/mol. The molecule has 1 aliphatic rings. The number of carbonyl (C=O) groups is 1. The Labute approximate surface area is 172 Å². The minimum Gasteiger partial charge on any atom is -0.466 e. The zero-order valence-electron chi connectivity index (χ0n) is 16.3. The van der Waals surface area contributed by atoms with E-state index in [1.54, 1.807) is 42.5 Å². The molecule has 152 valence electrons. The molecule has 1 fully saturated rings. The Morgan fingerprint density at radius 2 is 1.76 bits per heavy atom. The van der Waals surface area contributed by atoms with Gasteiger partial charge in [-0.2, -0.15) is 5.26 Å². The summed E-state index contributed by atoms with van der Waals surface area (Å²) in [5.41, 5.74) is 1.21. The highest BCUT2D eigenvalue weighted by Crippen LogP contribution is 2.39. The largest absolute Gasteiger partial charge is 0.466 e. The summed E-state index contributed by atoms with van der Waals surface area (Å²) in [5.74, 6) is -0.345. The van der Waals surface area contributed by atoms with Crippen molar-refractivity contribution in [2.45, 2.75) is 43.4 Å². The molecule has 6 heteroatoms. The number of esters is 1. The van der Waals surface area contributed by atoms with Crippen LogP contribution in [-0.2, 0) is 25.8 Å². The van der Waals surface area contributed by atoms with Crippen LogP contribution in [0.5, 0.6) is 0 Å². The number of nitriles is 1. The maximum Gasteiger partial charge on any atom is 0.306 e. The van der Waals surface area contributed by atoms with Crippen LogP contribution in [0, 0.1) is 16.7 Å². The highest BCUT2D eigenvalue weighted by Gasteiger charge is 2.40. The number of nitrogens with zero attached hydrogens (tertiary/aromatic N) is 1. The lowest BCUT2D eigenvalue weighted by Gasteiger charge is -2.36. The number of rotatable bonds is 8. The molecule has 1 unspecified atom stereocenters. The van der Waals surface area contributed by atoms with Crippen molar-refractivity contribution < 1.29 is 17.9 Å². The number of carbonyl (C=O) groups excluding carboxylic acids is 1. The number of benzene rings is 2. The fraction of sp³-hybridized carbons (Fsp3) is 0.391. The number of unbranched alkanes of at least 4 members (excludes halogenated alkanes) is 1. The molecule has 2 aromatic rings. The van der Waals surface area contributed by atoms with E-state index >= 15 is 0 Å². The molecule has 2 aromatic carbocycles. The summed E-state index contributed by atoms with van der Waals surface area (Å²) in [7, 11) is -3.48. The van der Waals surface area contributed by atoms with Crippen molar-refractivity contribution in [1.29, 1.82) is 5.26 Å². The normalized spacial score (nSPS) is 19.3. The van der Waals surface area contributed by atoms with E-state index in [0.29, 0.717) is 23.3 Å². The summed E-state index contributed by atoms with van der Waals surface area (Å²) in [5, 5.41) is 8.88.